The molecule has 0 aliphatic heterocycles. The van der Waals surface area contributed by atoms with E-state index in [2.05, 4.69) is 15.6 Å². The summed E-state index contributed by atoms with van der Waals surface area (Å²) in [6, 6.07) is 0.102. The van der Waals surface area contributed by atoms with Crippen LogP contribution in [0.5, 0.6) is 0 Å². The zero-order valence-corrected chi connectivity index (χ0v) is 8.47. The van der Waals surface area contributed by atoms with Gasteiger partial charge in [-0.25, -0.2) is 4.68 Å². The van der Waals surface area contributed by atoms with Crippen LogP contribution >= 0.6 is 0 Å². The molecule has 6 nitrogen and oxygen atoms in total. The Kier molecular flexibility index (Phi) is 2.96. The first-order valence-electron chi connectivity index (χ1n) is 5.12. The maximum atomic E-state index is 11.4. The van der Waals surface area contributed by atoms with Crippen molar-refractivity contribution in [3.05, 3.63) is 12.4 Å². The SMILES string of the molecule is NC(CNC(=O)Cn1ccnn1)C1CC1. The third-order valence-electron chi connectivity index (χ3n) is 2.54. The maximum absolute atomic E-state index is 11.4. The van der Waals surface area contributed by atoms with Gasteiger partial charge in [-0.15, -0.1) is 5.10 Å². The molecule has 1 heterocycles. The molecule has 0 bridgehead atoms. The van der Waals surface area contributed by atoms with Crippen molar-refractivity contribution in [2.24, 2.45) is 11.7 Å². The molecule has 1 aromatic heterocycles. The predicted molar refractivity (Wildman–Crippen MR) is 53.7 cm³/mol. The second-order valence-corrected chi connectivity index (χ2v) is 3.91. The van der Waals surface area contributed by atoms with Crippen molar-refractivity contribution in [1.29, 1.82) is 0 Å². The Morgan fingerprint density at radius 2 is 2.47 bits per heavy atom. The molecule has 1 atom stereocenters. The van der Waals surface area contributed by atoms with E-state index in [1.165, 1.54) is 17.5 Å². The Morgan fingerprint density at radius 3 is 3.07 bits per heavy atom. The quantitative estimate of drug-likeness (QED) is 0.660. The first kappa shape index (κ1) is 10.1. The fraction of sp³-hybridized carbons (Fsp3) is 0.667. The lowest BCUT2D eigenvalue weighted by molar-refractivity contribution is -0.121. The van der Waals surface area contributed by atoms with Gasteiger partial charge in [0.15, 0.2) is 0 Å². The highest BCUT2D eigenvalue weighted by Gasteiger charge is 2.28. The van der Waals surface area contributed by atoms with Gasteiger partial charge in [-0.1, -0.05) is 5.21 Å². The number of carbonyl (C=O) groups is 1. The van der Waals surface area contributed by atoms with Gasteiger partial charge in [0.25, 0.3) is 0 Å². The zero-order valence-electron chi connectivity index (χ0n) is 8.47. The lowest BCUT2D eigenvalue weighted by Crippen LogP contribution is -2.39. The fourth-order valence-electron chi connectivity index (χ4n) is 1.44. The van der Waals surface area contributed by atoms with Gasteiger partial charge >= 0.3 is 0 Å². The van der Waals surface area contributed by atoms with E-state index in [9.17, 15) is 4.79 Å². The van der Waals surface area contributed by atoms with E-state index in [-0.39, 0.29) is 18.5 Å². The number of aromatic nitrogens is 3. The predicted octanol–water partition coefficient (Wildman–Crippen LogP) is -0.868. The number of nitrogens with zero attached hydrogens (tertiary/aromatic N) is 3. The van der Waals surface area contributed by atoms with Crippen molar-refractivity contribution in [1.82, 2.24) is 20.3 Å². The molecule has 1 aliphatic rings. The standard InChI is InChI=1S/C9H15N5O/c10-8(7-1-2-7)5-11-9(15)6-14-4-3-12-13-14/h3-4,7-8H,1-2,5-6,10H2,(H,11,15). The van der Waals surface area contributed by atoms with E-state index >= 15 is 0 Å². The van der Waals surface area contributed by atoms with Crippen molar-refractivity contribution in [2.75, 3.05) is 6.54 Å². The summed E-state index contributed by atoms with van der Waals surface area (Å²) in [4.78, 5) is 11.4. The first-order valence-corrected chi connectivity index (χ1v) is 5.12. The molecule has 82 valence electrons. The van der Waals surface area contributed by atoms with Gasteiger partial charge in [-0.2, -0.15) is 0 Å². The number of amides is 1. The Morgan fingerprint density at radius 1 is 1.67 bits per heavy atom. The summed E-state index contributed by atoms with van der Waals surface area (Å²) in [6.45, 7) is 0.760. The van der Waals surface area contributed by atoms with Crippen LogP contribution < -0.4 is 11.1 Å². The largest absolute Gasteiger partial charge is 0.353 e. The molecule has 1 aromatic rings. The highest BCUT2D eigenvalue weighted by molar-refractivity contribution is 5.75. The molecule has 3 N–H and O–H groups in total. The molecule has 1 saturated carbocycles. The minimum absolute atomic E-state index is 0.0726. The smallest absolute Gasteiger partial charge is 0.241 e. The van der Waals surface area contributed by atoms with Gasteiger partial charge in [0.1, 0.15) is 6.54 Å². The number of carbonyl (C=O) groups excluding carboxylic acids is 1. The first-order chi connectivity index (χ1) is 7.25. The summed E-state index contributed by atoms with van der Waals surface area (Å²) < 4.78 is 1.48. The third-order valence-corrected chi connectivity index (χ3v) is 2.54. The molecule has 1 unspecified atom stereocenters. The van der Waals surface area contributed by atoms with Crippen molar-refractivity contribution in [3.8, 4) is 0 Å². The van der Waals surface area contributed by atoms with Crippen LogP contribution in [0.25, 0.3) is 0 Å². The number of hydrogen-bond acceptors (Lipinski definition) is 4. The van der Waals surface area contributed by atoms with Crippen molar-refractivity contribution in [3.63, 3.8) is 0 Å². The third kappa shape index (κ3) is 3.02. The Bertz CT molecular complexity index is 319. The van der Waals surface area contributed by atoms with Crippen LogP contribution in [-0.2, 0) is 11.3 Å². The Balaban J connectivity index is 1.68. The van der Waals surface area contributed by atoms with Gasteiger partial charge in [0.05, 0.1) is 6.20 Å². The van der Waals surface area contributed by atoms with E-state index < -0.39 is 0 Å². The number of nitrogens with one attached hydrogen (secondary N) is 1. The number of hydrogen-bond donors (Lipinski definition) is 2. The molecular weight excluding hydrogens is 194 g/mol. The molecule has 0 aromatic carbocycles. The summed E-state index contributed by atoms with van der Waals surface area (Å²) >= 11 is 0. The van der Waals surface area contributed by atoms with E-state index in [0.29, 0.717) is 12.5 Å². The molecule has 1 fully saturated rings. The van der Waals surface area contributed by atoms with E-state index in [4.69, 9.17) is 5.73 Å². The monoisotopic (exact) mass is 209 g/mol. The van der Waals surface area contributed by atoms with Gasteiger partial charge in [0.2, 0.25) is 5.91 Å². The van der Waals surface area contributed by atoms with Crippen LogP contribution in [0, 0.1) is 5.92 Å². The topological polar surface area (TPSA) is 85.8 Å². The average molecular weight is 209 g/mol. The molecule has 2 rings (SSSR count). The van der Waals surface area contributed by atoms with Crippen LogP contribution in [0.2, 0.25) is 0 Å². The molecule has 1 amide bonds. The highest BCUT2D eigenvalue weighted by Crippen LogP contribution is 2.31. The lowest BCUT2D eigenvalue weighted by Gasteiger charge is -2.11. The summed E-state index contributed by atoms with van der Waals surface area (Å²) in [5.74, 6) is 0.535. The van der Waals surface area contributed by atoms with Crippen molar-refractivity contribution in [2.45, 2.75) is 25.4 Å². The van der Waals surface area contributed by atoms with Crippen LogP contribution in [0.1, 0.15) is 12.8 Å². The van der Waals surface area contributed by atoms with Gasteiger partial charge in [-0.3, -0.25) is 4.79 Å². The van der Waals surface area contributed by atoms with Crippen LogP contribution in [0.15, 0.2) is 12.4 Å². The lowest BCUT2D eigenvalue weighted by atomic mass is 10.2. The highest BCUT2D eigenvalue weighted by atomic mass is 16.2. The van der Waals surface area contributed by atoms with Crippen molar-refractivity contribution >= 4 is 5.91 Å². The molecule has 1 aliphatic carbocycles. The minimum Gasteiger partial charge on any atom is -0.353 e. The minimum atomic E-state index is -0.0726. The molecule has 0 saturated heterocycles. The van der Waals surface area contributed by atoms with E-state index in [1.54, 1.807) is 12.4 Å². The Hall–Kier alpha value is -1.43. The molecular formula is C9H15N5O. The zero-order chi connectivity index (χ0) is 10.7. The molecule has 0 radical (unpaired) electrons. The number of rotatable bonds is 5. The van der Waals surface area contributed by atoms with Gasteiger partial charge in [0, 0.05) is 18.8 Å². The van der Waals surface area contributed by atoms with Crippen molar-refractivity contribution < 1.29 is 4.79 Å². The second kappa shape index (κ2) is 4.39. The number of nitrogens with two attached hydrogens (primary N) is 1. The van der Waals surface area contributed by atoms with Crippen LogP contribution in [-0.4, -0.2) is 33.5 Å². The van der Waals surface area contributed by atoms with E-state index in [1.807, 2.05) is 0 Å². The fourth-order valence-corrected chi connectivity index (χ4v) is 1.44. The van der Waals surface area contributed by atoms with Crippen LogP contribution in [0.4, 0.5) is 0 Å². The summed E-state index contributed by atoms with van der Waals surface area (Å²) in [5, 5.41) is 10.1. The summed E-state index contributed by atoms with van der Waals surface area (Å²) in [5.41, 5.74) is 5.85. The average Bonchev–Trinajstić information content (AvgIpc) is 2.95. The second-order valence-electron chi connectivity index (χ2n) is 3.91. The Labute approximate surface area is 87.8 Å². The van der Waals surface area contributed by atoms with E-state index in [0.717, 1.165) is 0 Å². The summed E-state index contributed by atoms with van der Waals surface area (Å²) in [7, 11) is 0. The molecule has 6 heteroatoms. The molecule has 0 spiro atoms. The normalized spacial score (nSPS) is 17.4. The molecule has 15 heavy (non-hydrogen) atoms. The van der Waals surface area contributed by atoms with Gasteiger partial charge in [-0.05, 0) is 18.8 Å². The maximum Gasteiger partial charge on any atom is 0.241 e. The van der Waals surface area contributed by atoms with Crippen LogP contribution in [0.3, 0.4) is 0 Å². The van der Waals surface area contributed by atoms with Gasteiger partial charge < -0.3 is 11.1 Å². The summed E-state index contributed by atoms with van der Waals surface area (Å²) in [6.07, 6.45) is 5.59.